The normalized spacial score (nSPS) is 11.3. The minimum atomic E-state index is -0.316. The third-order valence-corrected chi connectivity index (χ3v) is 4.88. The van der Waals surface area contributed by atoms with Gasteiger partial charge in [-0.3, -0.25) is 4.79 Å². The van der Waals surface area contributed by atoms with E-state index in [9.17, 15) is 4.79 Å². The smallest absolute Gasteiger partial charge is 0.286 e. The number of ether oxygens (including phenoxy) is 1. The summed E-state index contributed by atoms with van der Waals surface area (Å²) in [5.74, 6) is 0.419. The third kappa shape index (κ3) is 4.47. The number of nitrogens with one attached hydrogen (secondary N) is 1. The first kappa shape index (κ1) is 18.1. The van der Waals surface area contributed by atoms with Crippen LogP contribution in [0.5, 0.6) is 5.75 Å². The number of anilines is 1. The maximum Gasteiger partial charge on any atom is 0.286 e. The number of benzene rings is 2. The van der Waals surface area contributed by atoms with E-state index in [0.717, 1.165) is 28.2 Å². The fourth-order valence-electron chi connectivity index (χ4n) is 2.17. The summed E-state index contributed by atoms with van der Waals surface area (Å²) in [6.07, 6.45) is 1.76. The standard InChI is InChI=1S/C19H16ClN3O2S/c1-12-6-8-14(9-7-12)21-17(24)19-23-22-18(26-19)16(20)11-13-4-3-5-15(10-13)25-2/h3-11H,1-2H3,(H,21,24)/b16-11-. The van der Waals surface area contributed by atoms with Gasteiger partial charge in [0.15, 0.2) is 5.01 Å². The van der Waals surface area contributed by atoms with Crippen molar-refractivity contribution in [2.24, 2.45) is 0 Å². The lowest BCUT2D eigenvalue weighted by molar-refractivity contribution is 0.102. The molecule has 0 bridgehead atoms. The molecule has 0 aliphatic rings. The van der Waals surface area contributed by atoms with Crippen LogP contribution in [0.25, 0.3) is 11.1 Å². The highest BCUT2D eigenvalue weighted by molar-refractivity contribution is 7.15. The van der Waals surface area contributed by atoms with Crippen molar-refractivity contribution in [3.05, 3.63) is 69.7 Å². The molecular weight excluding hydrogens is 370 g/mol. The molecule has 26 heavy (non-hydrogen) atoms. The molecule has 1 aromatic heterocycles. The van der Waals surface area contributed by atoms with Crippen molar-refractivity contribution in [2.45, 2.75) is 6.92 Å². The second kappa shape index (κ2) is 8.12. The molecule has 3 aromatic rings. The zero-order valence-corrected chi connectivity index (χ0v) is 15.8. The Bertz CT molecular complexity index is 951. The zero-order chi connectivity index (χ0) is 18.5. The first-order chi connectivity index (χ1) is 12.5. The summed E-state index contributed by atoms with van der Waals surface area (Å²) in [7, 11) is 1.61. The van der Waals surface area contributed by atoms with Crippen LogP contribution in [0.4, 0.5) is 5.69 Å². The molecule has 0 aliphatic carbocycles. The second-order valence-corrected chi connectivity index (χ2v) is 6.89. The molecule has 0 saturated carbocycles. The Kier molecular flexibility index (Phi) is 5.65. The van der Waals surface area contributed by atoms with Gasteiger partial charge in [0.2, 0.25) is 5.01 Å². The van der Waals surface area contributed by atoms with E-state index < -0.39 is 0 Å². The number of methoxy groups -OCH3 is 1. The minimum absolute atomic E-state index is 0.248. The summed E-state index contributed by atoms with van der Waals surface area (Å²) in [5, 5.41) is 11.9. The SMILES string of the molecule is COc1cccc(/C=C(\Cl)c2nnc(C(=O)Nc3ccc(C)cc3)s2)c1. The third-order valence-electron chi connectivity index (χ3n) is 3.52. The highest BCUT2D eigenvalue weighted by atomic mass is 35.5. The number of carbonyl (C=O) groups is 1. The topological polar surface area (TPSA) is 64.1 Å². The molecule has 0 aliphatic heterocycles. The molecule has 0 unspecified atom stereocenters. The van der Waals surface area contributed by atoms with Crippen molar-refractivity contribution in [3.8, 4) is 5.75 Å². The number of amides is 1. The molecule has 3 rings (SSSR count). The van der Waals surface area contributed by atoms with E-state index in [0.29, 0.717) is 15.7 Å². The van der Waals surface area contributed by atoms with Crippen LogP contribution >= 0.6 is 22.9 Å². The molecule has 0 radical (unpaired) electrons. The summed E-state index contributed by atoms with van der Waals surface area (Å²) in [6.45, 7) is 1.99. The Morgan fingerprint density at radius 3 is 2.62 bits per heavy atom. The van der Waals surface area contributed by atoms with Crippen molar-refractivity contribution in [1.82, 2.24) is 10.2 Å². The van der Waals surface area contributed by atoms with E-state index in [4.69, 9.17) is 16.3 Å². The first-order valence-corrected chi connectivity index (χ1v) is 8.98. The van der Waals surface area contributed by atoms with Gasteiger partial charge >= 0.3 is 0 Å². The fourth-order valence-corrected chi connectivity index (χ4v) is 3.10. The highest BCUT2D eigenvalue weighted by Crippen LogP contribution is 2.26. The summed E-state index contributed by atoms with van der Waals surface area (Å²) >= 11 is 7.46. The van der Waals surface area contributed by atoms with Gasteiger partial charge in [0, 0.05) is 5.69 Å². The Hall–Kier alpha value is -2.70. The molecule has 1 amide bonds. The van der Waals surface area contributed by atoms with Gasteiger partial charge in [-0.15, -0.1) is 10.2 Å². The number of rotatable bonds is 5. The number of hydrogen-bond acceptors (Lipinski definition) is 5. The van der Waals surface area contributed by atoms with Crippen LogP contribution in [0.2, 0.25) is 0 Å². The lowest BCUT2D eigenvalue weighted by Crippen LogP contribution is -2.11. The average molecular weight is 386 g/mol. The number of hydrogen-bond donors (Lipinski definition) is 1. The number of halogens is 1. The summed E-state index contributed by atoms with van der Waals surface area (Å²) in [6, 6.07) is 15.0. The van der Waals surface area contributed by atoms with E-state index in [1.807, 2.05) is 55.5 Å². The van der Waals surface area contributed by atoms with E-state index in [-0.39, 0.29) is 10.9 Å². The summed E-state index contributed by atoms with van der Waals surface area (Å²) in [4.78, 5) is 12.3. The molecule has 132 valence electrons. The van der Waals surface area contributed by atoms with Gasteiger partial charge in [-0.05, 0) is 42.8 Å². The molecule has 1 N–H and O–H groups in total. The second-order valence-electron chi connectivity index (χ2n) is 5.50. The van der Waals surface area contributed by atoms with Crippen LogP contribution in [-0.4, -0.2) is 23.2 Å². The molecule has 0 fully saturated rings. The first-order valence-electron chi connectivity index (χ1n) is 7.78. The fraction of sp³-hybridized carbons (Fsp3) is 0.105. The lowest BCUT2D eigenvalue weighted by atomic mass is 10.2. The van der Waals surface area contributed by atoms with E-state index >= 15 is 0 Å². The minimum Gasteiger partial charge on any atom is -0.497 e. The Morgan fingerprint density at radius 1 is 1.15 bits per heavy atom. The zero-order valence-electron chi connectivity index (χ0n) is 14.2. The lowest BCUT2D eigenvalue weighted by Gasteiger charge is -2.02. The summed E-state index contributed by atoms with van der Waals surface area (Å²) < 4.78 is 5.19. The van der Waals surface area contributed by atoms with Gasteiger partial charge < -0.3 is 10.1 Å². The molecule has 0 atom stereocenters. The Morgan fingerprint density at radius 2 is 1.88 bits per heavy atom. The molecule has 7 heteroatoms. The number of nitrogens with zero attached hydrogens (tertiary/aromatic N) is 2. The van der Waals surface area contributed by atoms with Crippen molar-refractivity contribution >= 4 is 45.6 Å². The molecule has 2 aromatic carbocycles. The molecule has 5 nitrogen and oxygen atoms in total. The Labute approximate surface area is 160 Å². The van der Waals surface area contributed by atoms with Gasteiger partial charge in [-0.1, -0.05) is 52.8 Å². The van der Waals surface area contributed by atoms with Crippen molar-refractivity contribution < 1.29 is 9.53 Å². The van der Waals surface area contributed by atoms with E-state index in [1.165, 1.54) is 0 Å². The van der Waals surface area contributed by atoms with Gasteiger partial charge in [-0.2, -0.15) is 0 Å². The van der Waals surface area contributed by atoms with Crippen LogP contribution < -0.4 is 10.1 Å². The van der Waals surface area contributed by atoms with E-state index in [2.05, 4.69) is 15.5 Å². The van der Waals surface area contributed by atoms with E-state index in [1.54, 1.807) is 13.2 Å². The van der Waals surface area contributed by atoms with Crippen molar-refractivity contribution in [2.75, 3.05) is 12.4 Å². The van der Waals surface area contributed by atoms with Gasteiger partial charge in [0.25, 0.3) is 5.91 Å². The highest BCUT2D eigenvalue weighted by Gasteiger charge is 2.15. The Balaban J connectivity index is 1.74. The maximum atomic E-state index is 12.3. The summed E-state index contributed by atoms with van der Waals surface area (Å²) in [5.41, 5.74) is 2.70. The van der Waals surface area contributed by atoms with Crippen molar-refractivity contribution in [3.63, 3.8) is 0 Å². The predicted octanol–water partition coefficient (Wildman–Crippen LogP) is 4.84. The molecular formula is C19H16ClN3O2S. The monoisotopic (exact) mass is 385 g/mol. The average Bonchev–Trinajstić information content (AvgIpc) is 3.14. The number of carbonyl (C=O) groups excluding carboxylic acids is 1. The van der Waals surface area contributed by atoms with Crippen LogP contribution in [0.1, 0.15) is 25.9 Å². The maximum absolute atomic E-state index is 12.3. The number of aromatic nitrogens is 2. The van der Waals surface area contributed by atoms with Crippen LogP contribution in [0.3, 0.4) is 0 Å². The molecule has 0 spiro atoms. The van der Waals surface area contributed by atoms with Gasteiger partial charge in [0.1, 0.15) is 5.75 Å². The van der Waals surface area contributed by atoms with Crippen molar-refractivity contribution in [1.29, 1.82) is 0 Å². The van der Waals surface area contributed by atoms with Gasteiger partial charge in [-0.25, -0.2) is 0 Å². The van der Waals surface area contributed by atoms with Gasteiger partial charge in [0.05, 0.1) is 12.1 Å². The largest absolute Gasteiger partial charge is 0.497 e. The molecule has 1 heterocycles. The van der Waals surface area contributed by atoms with Crippen LogP contribution in [0, 0.1) is 6.92 Å². The van der Waals surface area contributed by atoms with Crippen LogP contribution in [0.15, 0.2) is 48.5 Å². The quantitative estimate of drug-likeness (QED) is 0.682. The predicted molar refractivity (Wildman–Crippen MR) is 106 cm³/mol. The van der Waals surface area contributed by atoms with Crippen LogP contribution in [-0.2, 0) is 0 Å². The molecule has 0 saturated heterocycles. The number of aryl methyl sites for hydroxylation is 1.